The molecule has 0 aliphatic heterocycles. The van der Waals surface area contributed by atoms with Gasteiger partial charge in [-0.3, -0.25) is 0 Å². The minimum absolute atomic E-state index is 0.272. The topological polar surface area (TPSA) is 29.4 Å². The number of rotatable bonds is 2. The van der Waals surface area contributed by atoms with Crippen molar-refractivity contribution < 1.29 is 0 Å². The van der Waals surface area contributed by atoms with Crippen LogP contribution in [0.3, 0.4) is 0 Å². The molecular weight excluding hydrogens is 170 g/mol. The summed E-state index contributed by atoms with van der Waals surface area (Å²) < 4.78 is 1.22. The van der Waals surface area contributed by atoms with Crippen LogP contribution in [0.1, 0.15) is 5.56 Å². The van der Waals surface area contributed by atoms with Crippen molar-refractivity contribution in [1.29, 1.82) is 0 Å². The summed E-state index contributed by atoms with van der Waals surface area (Å²) in [5.41, 5.74) is 0.986. The Morgan fingerprint density at radius 1 is 1.33 bits per heavy atom. The molecule has 1 aromatic carbocycles. The van der Waals surface area contributed by atoms with Gasteiger partial charge in [-0.2, -0.15) is 4.91 Å². The Balaban J connectivity index is 2.52. The molecule has 0 aliphatic carbocycles. The number of hydrogen-bond acceptors (Lipinski definition) is 3. The van der Waals surface area contributed by atoms with Gasteiger partial charge in [0.15, 0.2) is 0 Å². The summed E-state index contributed by atoms with van der Waals surface area (Å²) in [4.78, 5) is 10.0. The van der Waals surface area contributed by atoms with Crippen molar-refractivity contribution >= 4 is 21.4 Å². The fourth-order valence-corrected chi connectivity index (χ4v) is 2.02. The van der Waals surface area contributed by atoms with E-state index in [4.69, 9.17) is 0 Å². The minimum atomic E-state index is 0.272. The van der Waals surface area contributed by atoms with E-state index in [0.717, 1.165) is 5.56 Å². The smallest absolute Gasteiger partial charge is 0.106 e. The Kier molecular flexibility index (Phi) is 1.87. The summed E-state index contributed by atoms with van der Waals surface area (Å²) >= 11 is 1.68. The van der Waals surface area contributed by atoms with Gasteiger partial charge in [0.25, 0.3) is 0 Å². The number of benzene rings is 1. The third-order valence-corrected chi connectivity index (χ3v) is 2.65. The average molecular weight is 177 g/mol. The molecule has 2 rings (SSSR count). The van der Waals surface area contributed by atoms with Crippen molar-refractivity contribution in [2.24, 2.45) is 5.18 Å². The van der Waals surface area contributed by atoms with Crippen LogP contribution >= 0.6 is 11.3 Å². The van der Waals surface area contributed by atoms with Gasteiger partial charge in [0, 0.05) is 4.70 Å². The van der Waals surface area contributed by atoms with E-state index in [0.29, 0.717) is 0 Å². The maximum absolute atomic E-state index is 10.0. The van der Waals surface area contributed by atoms with Crippen LogP contribution in [0.15, 0.2) is 34.8 Å². The number of fused-ring (bicyclic) bond motifs is 1. The Morgan fingerprint density at radius 3 is 3.08 bits per heavy atom. The van der Waals surface area contributed by atoms with Crippen molar-refractivity contribution in [3.05, 3.63) is 40.1 Å². The molecule has 0 radical (unpaired) electrons. The van der Waals surface area contributed by atoms with Gasteiger partial charge in [-0.15, -0.1) is 11.3 Å². The van der Waals surface area contributed by atoms with Crippen molar-refractivity contribution in [2.45, 2.75) is 6.54 Å². The van der Waals surface area contributed by atoms with E-state index < -0.39 is 0 Å². The van der Waals surface area contributed by atoms with E-state index >= 15 is 0 Å². The first kappa shape index (κ1) is 7.43. The summed E-state index contributed by atoms with van der Waals surface area (Å²) in [6.45, 7) is 0.272. The van der Waals surface area contributed by atoms with Crippen molar-refractivity contribution in [3.63, 3.8) is 0 Å². The van der Waals surface area contributed by atoms with Crippen LogP contribution in [-0.2, 0) is 6.54 Å². The lowest BCUT2D eigenvalue weighted by Gasteiger charge is -1.93. The average Bonchev–Trinajstić information content (AvgIpc) is 2.51. The zero-order valence-corrected chi connectivity index (χ0v) is 7.17. The SMILES string of the molecule is O=NCc1ccc2ccsc2c1. The van der Waals surface area contributed by atoms with Gasteiger partial charge in [-0.25, -0.2) is 0 Å². The highest BCUT2D eigenvalue weighted by Crippen LogP contribution is 2.21. The highest BCUT2D eigenvalue weighted by Gasteiger charge is 1.96. The van der Waals surface area contributed by atoms with Crippen molar-refractivity contribution in [2.75, 3.05) is 0 Å². The molecule has 12 heavy (non-hydrogen) atoms. The summed E-state index contributed by atoms with van der Waals surface area (Å²) in [6, 6.07) is 8.04. The monoisotopic (exact) mass is 177 g/mol. The summed E-state index contributed by atoms with van der Waals surface area (Å²) in [5.74, 6) is 0. The predicted octanol–water partition coefficient (Wildman–Crippen LogP) is 3.17. The van der Waals surface area contributed by atoms with E-state index in [9.17, 15) is 4.91 Å². The maximum Gasteiger partial charge on any atom is 0.106 e. The second-order valence-electron chi connectivity index (χ2n) is 2.58. The molecule has 0 bridgehead atoms. The standard InChI is InChI=1S/C9H7NOS/c11-10-6-7-1-2-8-3-4-12-9(8)5-7/h1-5H,6H2. The molecule has 0 spiro atoms. The molecule has 0 saturated carbocycles. The molecule has 1 heterocycles. The summed E-state index contributed by atoms with van der Waals surface area (Å²) in [5, 5.41) is 6.13. The molecule has 1 aromatic heterocycles. The van der Waals surface area contributed by atoms with Crippen LogP contribution in [0.25, 0.3) is 10.1 Å². The van der Waals surface area contributed by atoms with Gasteiger partial charge in [0.2, 0.25) is 0 Å². The molecular formula is C9H7NOS. The van der Waals surface area contributed by atoms with Gasteiger partial charge >= 0.3 is 0 Å². The molecule has 0 amide bonds. The molecule has 0 atom stereocenters. The molecule has 0 N–H and O–H groups in total. The van der Waals surface area contributed by atoms with E-state index in [1.54, 1.807) is 11.3 Å². The second-order valence-corrected chi connectivity index (χ2v) is 3.53. The first-order chi connectivity index (χ1) is 5.90. The lowest BCUT2D eigenvalue weighted by atomic mass is 10.2. The van der Waals surface area contributed by atoms with Crippen LogP contribution in [0.2, 0.25) is 0 Å². The first-order valence-corrected chi connectivity index (χ1v) is 4.53. The highest BCUT2D eigenvalue weighted by atomic mass is 32.1. The third kappa shape index (κ3) is 1.23. The van der Waals surface area contributed by atoms with E-state index in [1.165, 1.54) is 10.1 Å². The minimum Gasteiger partial charge on any atom is -0.150 e. The Bertz CT molecular complexity index is 408. The lowest BCUT2D eigenvalue weighted by Crippen LogP contribution is -1.77. The third-order valence-electron chi connectivity index (χ3n) is 1.77. The molecule has 3 heteroatoms. The Morgan fingerprint density at radius 2 is 2.25 bits per heavy atom. The van der Waals surface area contributed by atoms with Crippen LogP contribution in [0.5, 0.6) is 0 Å². The van der Waals surface area contributed by atoms with Crippen molar-refractivity contribution in [3.8, 4) is 0 Å². The first-order valence-electron chi connectivity index (χ1n) is 3.65. The summed E-state index contributed by atoms with van der Waals surface area (Å²) in [7, 11) is 0. The molecule has 0 aliphatic rings. The van der Waals surface area contributed by atoms with Gasteiger partial charge in [-0.05, 0) is 28.5 Å². The van der Waals surface area contributed by atoms with Gasteiger partial charge in [0.05, 0.1) is 0 Å². The highest BCUT2D eigenvalue weighted by molar-refractivity contribution is 7.17. The molecule has 2 nitrogen and oxygen atoms in total. The van der Waals surface area contributed by atoms with E-state index in [2.05, 4.69) is 11.2 Å². The molecule has 60 valence electrons. The van der Waals surface area contributed by atoms with Crippen LogP contribution in [0.4, 0.5) is 0 Å². The molecule has 0 saturated heterocycles. The fourth-order valence-electron chi connectivity index (χ4n) is 1.17. The summed E-state index contributed by atoms with van der Waals surface area (Å²) in [6.07, 6.45) is 0. The number of thiophene rings is 1. The fraction of sp³-hybridized carbons (Fsp3) is 0.111. The number of nitrogens with zero attached hydrogens (tertiary/aromatic N) is 1. The number of nitroso groups, excluding NO2 is 1. The largest absolute Gasteiger partial charge is 0.150 e. The lowest BCUT2D eigenvalue weighted by molar-refractivity contribution is 1.06. The normalized spacial score (nSPS) is 10.3. The molecule has 0 fully saturated rings. The van der Waals surface area contributed by atoms with Crippen LogP contribution in [0, 0.1) is 4.91 Å². The zero-order chi connectivity index (χ0) is 8.39. The maximum atomic E-state index is 10.0. The molecule has 2 aromatic rings. The van der Waals surface area contributed by atoms with Crippen molar-refractivity contribution in [1.82, 2.24) is 0 Å². The second kappa shape index (κ2) is 3.03. The number of hydrogen-bond donors (Lipinski definition) is 0. The van der Waals surface area contributed by atoms with Gasteiger partial charge in [-0.1, -0.05) is 17.3 Å². The Labute approximate surface area is 73.8 Å². The van der Waals surface area contributed by atoms with Gasteiger partial charge in [0.1, 0.15) is 6.54 Å². The quantitative estimate of drug-likeness (QED) is 0.648. The van der Waals surface area contributed by atoms with Gasteiger partial charge < -0.3 is 0 Å². The Hall–Kier alpha value is -1.22. The predicted molar refractivity (Wildman–Crippen MR) is 51.3 cm³/mol. The van der Waals surface area contributed by atoms with Crippen LogP contribution in [-0.4, -0.2) is 0 Å². The van der Waals surface area contributed by atoms with E-state index in [1.807, 2.05) is 23.6 Å². The van der Waals surface area contributed by atoms with E-state index in [-0.39, 0.29) is 6.54 Å². The zero-order valence-electron chi connectivity index (χ0n) is 6.36. The molecule has 0 unspecified atom stereocenters. The van der Waals surface area contributed by atoms with Crippen LogP contribution < -0.4 is 0 Å².